The molecule has 2 aromatic rings. The topological polar surface area (TPSA) is 195 Å². The molecule has 0 bridgehead atoms. The zero-order valence-electron chi connectivity index (χ0n) is 13.2. The molecule has 0 aromatic carbocycles. The number of carbonyl (C=O) groups is 2. The van der Waals surface area contributed by atoms with Gasteiger partial charge in [0.1, 0.15) is 16.3 Å². The summed E-state index contributed by atoms with van der Waals surface area (Å²) in [5.74, 6) is -2.47. The molecule has 2 rings (SSSR count). The van der Waals surface area contributed by atoms with Crippen molar-refractivity contribution in [1.82, 2.24) is 10.9 Å². The van der Waals surface area contributed by atoms with Crippen molar-refractivity contribution in [2.75, 3.05) is 0 Å². The minimum absolute atomic E-state index is 0.0311. The number of furan rings is 2. The van der Waals surface area contributed by atoms with E-state index in [1.165, 1.54) is 12.1 Å². The van der Waals surface area contributed by atoms with Crippen molar-refractivity contribution >= 4 is 36.0 Å². The second-order valence-corrected chi connectivity index (χ2v) is 4.63. The van der Waals surface area contributed by atoms with E-state index in [-0.39, 0.29) is 11.5 Å². The van der Waals surface area contributed by atoms with Crippen molar-refractivity contribution in [2.45, 2.75) is 6.42 Å². The summed E-state index contributed by atoms with van der Waals surface area (Å²) >= 11 is 0. The van der Waals surface area contributed by atoms with Crippen LogP contribution in [0.5, 0.6) is 0 Å². The van der Waals surface area contributed by atoms with E-state index in [1.54, 1.807) is 0 Å². The SMILES string of the molecule is O=C(CC(=O)N/N=C\c1ccc([N+](=O)[O-])o1)N/N=C\c1ccc([N+](=O)[O-])o1. The standard InChI is InChI=1S/C13H10N6O8/c20-10(16-14-6-8-1-3-12(26-8)18(22)23)5-11(21)17-15-7-9-2-4-13(27-9)19(24)25/h1-4,6-7H,5H2,(H,16,20)(H,17,21)/b14-6-,15-7-. The summed E-state index contributed by atoms with van der Waals surface area (Å²) in [5.41, 5.74) is 4.04. The van der Waals surface area contributed by atoms with Crippen LogP contribution in [0.1, 0.15) is 17.9 Å². The smallest absolute Gasteiger partial charge is 0.400 e. The van der Waals surface area contributed by atoms with Crippen LogP contribution >= 0.6 is 0 Å². The van der Waals surface area contributed by atoms with E-state index in [1.807, 2.05) is 10.9 Å². The van der Waals surface area contributed by atoms with Crippen LogP contribution in [0, 0.1) is 20.2 Å². The maximum absolute atomic E-state index is 11.5. The highest BCUT2D eigenvalue weighted by molar-refractivity contribution is 5.97. The predicted octanol–water partition coefficient (Wildman–Crippen LogP) is 0.679. The second-order valence-electron chi connectivity index (χ2n) is 4.63. The van der Waals surface area contributed by atoms with Gasteiger partial charge in [-0.25, -0.2) is 10.9 Å². The van der Waals surface area contributed by atoms with Gasteiger partial charge in [0, 0.05) is 0 Å². The Kier molecular flexibility index (Phi) is 6.08. The van der Waals surface area contributed by atoms with Crippen molar-refractivity contribution in [2.24, 2.45) is 10.2 Å². The van der Waals surface area contributed by atoms with Crippen molar-refractivity contribution in [3.8, 4) is 0 Å². The molecule has 2 N–H and O–H groups in total. The Bertz CT molecular complexity index is 853. The predicted molar refractivity (Wildman–Crippen MR) is 86.8 cm³/mol. The van der Waals surface area contributed by atoms with Gasteiger partial charge in [0.05, 0.1) is 24.6 Å². The van der Waals surface area contributed by atoms with Gasteiger partial charge in [-0.3, -0.25) is 29.8 Å². The average Bonchev–Trinajstić information content (AvgIpc) is 3.24. The summed E-state index contributed by atoms with van der Waals surface area (Å²) in [4.78, 5) is 42.4. The van der Waals surface area contributed by atoms with E-state index >= 15 is 0 Å². The number of nitro groups is 2. The Balaban J connectivity index is 1.75. The van der Waals surface area contributed by atoms with Crippen molar-refractivity contribution in [3.63, 3.8) is 0 Å². The van der Waals surface area contributed by atoms with Gasteiger partial charge in [0.2, 0.25) is 11.8 Å². The normalized spacial score (nSPS) is 11.0. The lowest BCUT2D eigenvalue weighted by molar-refractivity contribution is -0.402. The minimum atomic E-state index is -0.784. The fraction of sp³-hybridized carbons (Fsp3) is 0.0769. The summed E-state index contributed by atoms with van der Waals surface area (Å²) in [6.07, 6.45) is 1.42. The van der Waals surface area contributed by atoms with Gasteiger partial charge in [0.25, 0.3) is 0 Å². The van der Waals surface area contributed by atoms with Crippen LogP contribution in [0.15, 0.2) is 43.3 Å². The van der Waals surface area contributed by atoms with E-state index in [0.717, 1.165) is 24.6 Å². The maximum Gasteiger partial charge on any atom is 0.433 e. The molecule has 0 aliphatic heterocycles. The minimum Gasteiger partial charge on any atom is -0.400 e. The number of amides is 2. The maximum atomic E-state index is 11.5. The molecule has 0 spiro atoms. The van der Waals surface area contributed by atoms with E-state index in [9.17, 15) is 29.8 Å². The number of hydrogen-bond acceptors (Lipinski definition) is 10. The number of hydrazone groups is 2. The molecule has 0 atom stereocenters. The first-order valence-electron chi connectivity index (χ1n) is 6.97. The quantitative estimate of drug-likeness (QED) is 0.289. The Morgan fingerprint density at radius 2 is 1.30 bits per heavy atom. The lowest BCUT2D eigenvalue weighted by Gasteiger charge is -1.98. The summed E-state index contributed by atoms with van der Waals surface area (Å²) in [5, 5.41) is 27.8. The van der Waals surface area contributed by atoms with Crippen LogP contribution < -0.4 is 10.9 Å². The fourth-order valence-electron chi connectivity index (χ4n) is 1.58. The number of hydrogen-bond donors (Lipinski definition) is 2. The second kappa shape index (κ2) is 8.65. The molecule has 140 valence electrons. The molecule has 0 fully saturated rings. The first-order valence-corrected chi connectivity index (χ1v) is 6.97. The van der Waals surface area contributed by atoms with E-state index in [0.29, 0.717) is 0 Å². The van der Waals surface area contributed by atoms with E-state index < -0.39 is 39.9 Å². The molecule has 0 aliphatic rings. The van der Waals surface area contributed by atoms with Crippen LogP contribution in [0.25, 0.3) is 0 Å². The summed E-state index contributed by atoms with van der Waals surface area (Å²) in [7, 11) is 0. The Labute approximate surface area is 148 Å². The van der Waals surface area contributed by atoms with Gasteiger partial charge in [0.15, 0.2) is 11.5 Å². The van der Waals surface area contributed by atoms with Gasteiger partial charge >= 0.3 is 11.8 Å². The molecule has 0 saturated carbocycles. The van der Waals surface area contributed by atoms with Crippen LogP contribution in [-0.4, -0.2) is 34.1 Å². The highest BCUT2D eigenvalue weighted by atomic mass is 16.7. The molecule has 14 nitrogen and oxygen atoms in total. The molecular formula is C13H10N6O8. The average molecular weight is 378 g/mol. The first-order chi connectivity index (χ1) is 12.8. The van der Waals surface area contributed by atoms with Gasteiger partial charge in [-0.15, -0.1) is 0 Å². The number of nitrogens with one attached hydrogen (secondary N) is 2. The molecule has 14 heteroatoms. The van der Waals surface area contributed by atoms with E-state index in [2.05, 4.69) is 10.2 Å². The molecule has 0 unspecified atom stereocenters. The molecule has 0 aliphatic carbocycles. The number of nitrogens with zero attached hydrogens (tertiary/aromatic N) is 4. The number of rotatable bonds is 8. The van der Waals surface area contributed by atoms with Gasteiger partial charge in [-0.1, -0.05) is 0 Å². The molecule has 2 aromatic heterocycles. The van der Waals surface area contributed by atoms with Gasteiger partial charge in [-0.2, -0.15) is 10.2 Å². The van der Waals surface area contributed by atoms with Crippen molar-refractivity contribution in [3.05, 3.63) is 56.0 Å². The molecule has 27 heavy (non-hydrogen) atoms. The van der Waals surface area contributed by atoms with Gasteiger partial charge in [-0.05, 0) is 12.1 Å². The Hall–Kier alpha value is -4.36. The first kappa shape index (κ1) is 19.0. The molecule has 0 radical (unpaired) electrons. The highest BCUT2D eigenvalue weighted by Crippen LogP contribution is 2.14. The third-order valence-electron chi connectivity index (χ3n) is 2.67. The molecule has 2 heterocycles. The van der Waals surface area contributed by atoms with Crippen molar-refractivity contribution < 1.29 is 28.3 Å². The fourth-order valence-corrected chi connectivity index (χ4v) is 1.58. The monoisotopic (exact) mass is 378 g/mol. The summed E-state index contributed by atoms with van der Waals surface area (Å²) in [6, 6.07) is 4.77. The van der Waals surface area contributed by atoms with Gasteiger partial charge < -0.3 is 8.83 Å². The molecular weight excluding hydrogens is 368 g/mol. The summed E-state index contributed by atoms with van der Waals surface area (Å²) < 4.78 is 9.54. The number of carbonyl (C=O) groups excluding carboxylic acids is 2. The molecule has 2 amide bonds. The van der Waals surface area contributed by atoms with Crippen LogP contribution in [0.3, 0.4) is 0 Å². The highest BCUT2D eigenvalue weighted by Gasteiger charge is 2.12. The van der Waals surface area contributed by atoms with Crippen LogP contribution in [0.4, 0.5) is 11.8 Å². The lowest BCUT2D eigenvalue weighted by Crippen LogP contribution is -2.27. The molecule has 0 saturated heterocycles. The van der Waals surface area contributed by atoms with Crippen molar-refractivity contribution in [1.29, 1.82) is 0 Å². The summed E-state index contributed by atoms with van der Waals surface area (Å²) in [6.45, 7) is 0. The largest absolute Gasteiger partial charge is 0.433 e. The van der Waals surface area contributed by atoms with E-state index in [4.69, 9.17) is 8.83 Å². The lowest BCUT2D eigenvalue weighted by atomic mass is 10.4. The third kappa shape index (κ3) is 5.89. The Morgan fingerprint density at radius 3 is 1.63 bits per heavy atom. The Morgan fingerprint density at radius 1 is 0.889 bits per heavy atom. The zero-order chi connectivity index (χ0) is 19.8. The zero-order valence-corrected chi connectivity index (χ0v) is 13.2. The van der Waals surface area contributed by atoms with Crippen LogP contribution in [0.2, 0.25) is 0 Å². The third-order valence-corrected chi connectivity index (χ3v) is 2.67. The van der Waals surface area contributed by atoms with Crippen LogP contribution in [-0.2, 0) is 9.59 Å².